The van der Waals surface area contributed by atoms with E-state index in [1.807, 2.05) is 42.6 Å². The van der Waals surface area contributed by atoms with Crippen LogP contribution in [-0.2, 0) is 32.9 Å². The van der Waals surface area contributed by atoms with Crippen molar-refractivity contribution in [1.29, 1.82) is 0 Å². The summed E-state index contributed by atoms with van der Waals surface area (Å²) < 4.78 is 6.18. The largest absolute Gasteiger partial charge is 0.500 e. The molecule has 0 N–H and O–H groups in total. The van der Waals surface area contributed by atoms with Crippen LogP contribution in [0.3, 0.4) is 0 Å². The standard InChI is InChI=1S/C25H25N2O.C18H24NSi.Ir/c1-16(2)20-15-27-23(12-18(20)11-17-7-3-4-8-17)22-14-26-13-21-19-9-5-6-10-24(19)28-25(21)22;1-14(2)11-16-12-17(15-9-7-6-8-10-15)19-13-18(16)20(3,4)5;/h5-6,9-10,12-13,15-17H,3-4,7-8,11H2,1-2H3;6-9,12-14H,11H2,1-5H3;/q2*-1;. The molecule has 257 valence electrons. The first-order chi connectivity index (χ1) is 23.1. The molecule has 1 aliphatic rings. The fourth-order valence-corrected chi connectivity index (χ4v) is 8.70. The number of hydrogen-bond acceptors (Lipinski definition) is 4. The summed E-state index contributed by atoms with van der Waals surface area (Å²) in [6.45, 7) is 16.2. The van der Waals surface area contributed by atoms with Gasteiger partial charge in [-0.15, -0.1) is 35.9 Å². The maximum absolute atomic E-state index is 6.18. The molecule has 4 nitrogen and oxygen atoms in total. The second-order valence-electron chi connectivity index (χ2n) is 15.2. The Morgan fingerprint density at radius 2 is 1.55 bits per heavy atom. The van der Waals surface area contributed by atoms with Gasteiger partial charge in [0.1, 0.15) is 5.58 Å². The van der Waals surface area contributed by atoms with Gasteiger partial charge in [-0.1, -0.05) is 114 Å². The number of para-hydroxylation sites is 1. The van der Waals surface area contributed by atoms with Crippen molar-refractivity contribution in [1.82, 2.24) is 15.0 Å². The molecule has 49 heavy (non-hydrogen) atoms. The maximum atomic E-state index is 6.18. The van der Waals surface area contributed by atoms with Crippen molar-refractivity contribution in [3.8, 4) is 22.5 Å². The van der Waals surface area contributed by atoms with E-state index in [1.54, 1.807) is 0 Å². The van der Waals surface area contributed by atoms with E-state index in [9.17, 15) is 0 Å². The molecule has 2 aromatic carbocycles. The SMILES string of the molecule is CC(C)Cc1cc(-c2[c-]cccc2)ncc1[Si](C)(C)C.CC(C)c1cnc(-c2[c-]ncc3c2oc2ccccc23)cc1CC1CCCC1.[Ir]. The molecule has 1 aliphatic carbocycles. The third kappa shape index (κ3) is 8.66. The molecule has 7 rings (SSSR count). The summed E-state index contributed by atoms with van der Waals surface area (Å²) in [6, 6.07) is 24.0. The summed E-state index contributed by atoms with van der Waals surface area (Å²) in [5.74, 6) is 1.94. The first-order valence-electron chi connectivity index (χ1n) is 17.7. The number of aromatic nitrogens is 3. The topological polar surface area (TPSA) is 51.8 Å². The van der Waals surface area contributed by atoms with Crippen molar-refractivity contribution < 1.29 is 24.5 Å². The molecule has 6 aromatic rings. The molecule has 0 saturated heterocycles. The number of fused-ring (bicyclic) bond motifs is 3. The second-order valence-corrected chi connectivity index (χ2v) is 20.3. The average Bonchev–Trinajstić information content (AvgIpc) is 3.72. The Kier molecular flexibility index (Phi) is 12.1. The first-order valence-corrected chi connectivity index (χ1v) is 21.2. The number of benzene rings is 2. The molecule has 0 atom stereocenters. The molecule has 6 heteroatoms. The van der Waals surface area contributed by atoms with Crippen molar-refractivity contribution in [2.45, 2.75) is 91.8 Å². The van der Waals surface area contributed by atoms with Crippen molar-refractivity contribution >= 4 is 35.2 Å². The van der Waals surface area contributed by atoms with Gasteiger partial charge in [-0.2, -0.15) is 0 Å². The van der Waals surface area contributed by atoms with Crippen molar-refractivity contribution in [2.24, 2.45) is 11.8 Å². The predicted molar refractivity (Wildman–Crippen MR) is 203 cm³/mol. The van der Waals surface area contributed by atoms with E-state index >= 15 is 0 Å². The Morgan fingerprint density at radius 1 is 0.837 bits per heavy atom. The van der Waals surface area contributed by atoms with Gasteiger partial charge in [0, 0.05) is 37.9 Å². The van der Waals surface area contributed by atoms with E-state index in [-0.39, 0.29) is 20.1 Å². The number of pyridine rings is 3. The van der Waals surface area contributed by atoms with Crippen LogP contribution in [0.15, 0.2) is 83.7 Å². The molecule has 4 aromatic heterocycles. The van der Waals surface area contributed by atoms with Crippen LogP contribution in [0.2, 0.25) is 19.6 Å². The molecule has 0 amide bonds. The molecule has 0 aliphatic heterocycles. The van der Waals surface area contributed by atoms with Crippen LogP contribution in [0.1, 0.15) is 76.0 Å². The Morgan fingerprint density at radius 3 is 2.24 bits per heavy atom. The Labute approximate surface area is 307 Å². The molecule has 1 saturated carbocycles. The number of hydrogen-bond donors (Lipinski definition) is 0. The number of furan rings is 1. The van der Waals surface area contributed by atoms with E-state index in [4.69, 9.17) is 9.40 Å². The minimum atomic E-state index is -1.34. The Hall–Kier alpha value is -3.44. The summed E-state index contributed by atoms with van der Waals surface area (Å²) >= 11 is 0. The smallest absolute Gasteiger partial charge is 0.121 e. The van der Waals surface area contributed by atoms with Crippen LogP contribution in [0.4, 0.5) is 0 Å². The van der Waals surface area contributed by atoms with Crippen LogP contribution >= 0.6 is 0 Å². The normalized spacial score (nSPS) is 13.6. The molecule has 0 unspecified atom stereocenters. The monoisotopic (exact) mass is 844 g/mol. The Bertz CT molecular complexity index is 1990. The molecular formula is C43H49IrN3OSi-2. The third-order valence-electron chi connectivity index (χ3n) is 9.53. The van der Waals surface area contributed by atoms with Crippen LogP contribution in [0.5, 0.6) is 0 Å². The molecule has 0 bridgehead atoms. The molecular weight excluding hydrogens is 795 g/mol. The van der Waals surface area contributed by atoms with Crippen LogP contribution < -0.4 is 5.19 Å². The molecule has 0 spiro atoms. The fraction of sp³-hybridized carbons (Fsp3) is 0.372. The van der Waals surface area contributed by atoms with Gasteiger partial charge >= 0.3 is 0 Å². The summed E-state index contributed by atoms with van der Waals surface area (Å²) in [4.78, 5) is 13.9. The van der Waals surface area contributed by atoms with E-state index in [1.165, 1.54) is 47.6 Å². The van der Waals surface area contributed by atoms with Gasteiger partial charge in [0.25, 0.3) is 0 Å². The van der Waals surface area contributed by atoms with Crippen LogP contribution in [0, 0.1) is 24.1 Å². The van der Waals surface area contributed by atoms with E-state index in [0.29, 0.717) is 11.8 Å². The van der Waals surface area contributed by atoms with Gasteiger partial charge in [0.2, 0.25) is 0 Å². The zero-order valence-electron chi connectivity index (χ0n) is 30.1. The summed E-state index contributed by atoms with van der Waals surface area (Å²) in [7, 11) is -1.34. The van der Waals surface area contributed by atoms with Gasteiger partial charge in [0.05, 0.1) is 13.7 Å². The molecule has 1 fully saturated rings. The summed E-state index contributed by atoms with van der Waals surface area (Å²) in [5.41, 5.74) is 9.86. The fourth-order valence-electron chi connectivity index (χ4n) is 7.11. The third-order valence-corrected chi connectivity index (χ3v) is 11.6. The van der Waals surface area contributed by atoms with E-state index in [0.717, 1.165) is 63.2 Å². The minimum Gasteiger partial charge on any atom is -0.500 e. The van der Waals surface area contributed by atoms with E-state index in [2.05, 4.69) is 106 Å². The van der Waals surface area contributed by atoms with E-state index < -0.39 is 8.07 Å². The van der Waals surface area contributed by atoms with Gasteiger partial charge < -0.3 is 19.4 Å². The zero-order chi connectivity index (χ0) is 33.8. The van der Waals surface area contributed by atoms with Crippen molar-refractivity contribution in [2.75, 3.05) is 0 Å². The summed E-state index contributed by atoms with van der Waals surface area (Å²) in [5, 5.41) is 3.60. The van der Waals surface area contributed by atoms with Gasteiger partial charge in [-0.3, -0.25) is 0 Å². The molecule has 4 heterocycles. The van der Waals surface area contributed by atoms with Crippen molar-refractivity contribution in [3.63, 3.8) is 0 Å². The van der Waals surface area contributed by atoms with Gasteiger partial charge in [0.15, 0.2) is 0 Å². The number of rotatable bonds is 8. The first kappa shape index (κ1) is 36.8. The minimum absolute atomic E-state index is 0. The van der Waals surface area contributed by atoms with Gasteiger partial charge in [-0.25, -0.2) is 0 Å². The Balaban J connectivity index is 0.000000199. The summed E-state index contributed by atoms with van der Waals surface area (Å²) in [6.07, 6.45) is 16.9. The van der Waals surface area contributed by atoms with Crippen LogP contribution in [-0.4, -0.2) is 23.0 Å². The zero-order valence-corrected chi connectivity index (χ0v) is 33.5. The predicted octanol–water partition coefficient (Wildman–Crippen LogP) is 11.0. The van der Waals surface area contributed by atoms with Crippen LogP contribution in [0.25, 0.3) is 44.5 Å². The second kappa shape index (κ2) is 16.1. The average molecular weight is 844 g/mol. The van der Waals surface area contributed by atoms with Crippen molar-refractivity contribution in [3.05, 3.63) is 108 Å². The number of nitrogens with zero attached hydrogens (tertiary/aromatic N) is 3. The molecule has 1 radical (unpaired) electrons. The maximum Gasteiger partial charge on any atom is 0.121 e. The van der Waals surface area contributed by atoms with Gasteiger partial charge in [-0.05, 0) is 82.1 Å². The quantitative estimate of drug-likeness (QED) is 0.113.